The first-order valence-corrected chi connectivity index (χ1v) is 6.95. The predicted molar refractivity (Wildman–Crippen MR) is 67.4 cm³/mol. The number of thiophene rings is 1. The summed E-state index contributed by atoms with van der Waals surface area (Å²) in [5, 5.41) is 5.80. The molecule has 1 aromatic heterocycles. The smallest absolute Gasteiger partial charge is 0.00954 e. The van der Waals surface area contributed by atoms with Crippen LogP contribution in [0.25, 0.3) is 0 Å². The molecular weight excluding hydrogens is 202 g/mol. The van der Waals surface area contributed by atoms with Gasteiger partial charge in [-0.05, 0) is 49.1 Å². The molecule has 0 amide bonds. The van der Waals surface area contributed by atoms with Crippen molar-refractivity contribution in [2.24, 2.45) is 11.8 Å². The topological polar surface area (TPSA) is 12.0 Å². The van der Waals surface area contributed by atoms with Gasteiger partial charge < -0.3 is 5.32 Å². The summed E-state index contributed by atoms with van der Waals surface area (Å²) in [4.78, 5) is 1.56. The van der Waals surface area contributed by atoms with Crippen LogP contribution >= 0.6 is 11.3 Å². The van der Waals surface area contributed by atoms with Gasteiger partial charge in [0.05, 0.1) is 0 Å². The molecule has 2 heteroatoms. The Bertz CT molecular complexity index is 281. The highest BCUT2D eigenvalue weighted by Crippen LogP contribution is 2.34. The Hall–Kier alpha value is -0.340. The van der Waals surface area contributed by atoms with Crippen molar-refractivity contribution in [3.63, 3.8) is 0 Å². The third-order valence-corrected chi connectivity index (χ3v) is 4.64. The molecule has 3 atom stereocenters. The summed E-state index contributed by atoms with van der Waals surface area (Å²) in [6.07, 6.45) is 4.06. The Kier molecular flexibility index (Phi) is 3.81. The van der Waals surface area contributed by atoms with E-state index < -0.39 is 0 Å². The van der Waals surface area contributed by atoms with Crippen LogP contribution < -0.4 is 5.32 Å². The molecule has 1 saturated carbocycles. The normalized spacial score (nSPS) is 30.9. The van der Waals surface area contributed by atoms with Crippen LogP contribution in [0.2, 0.25) is 0 Å². The number of hydrogen-bond donors (Lipinski definition) is 1. The minimum absolute atomic E-state index is 0.764. The first-order chi connectivity index (χ1) is 7.31. The zero-order valence-corrected chi connectivity index (χ0v) is 10.5. The second kappa shape index (κ2) is 5.13. The molecule has 3 unspecified atom stereocenters. The fourth-order valence-corrected chi connectivity index (χ4v) is 3.57. The van der Waals surface area contributed by atoms with Gasteiger partial charge in [0.15, 0.2) is 0 Å². The van der Waals surface area contributed by atoms with E-state index >= 15 is 0 Å². The van der Waals surface area contributed by atoms with E-state index in [9.17, 15) is 0 Å². The van der Waals surface area contributed by atoms with E-state index in [2.05, 4.69) is 36.7 Å². The molecule has 84 valence electrons. The molecule has 0 aliphatic heterocycles. The van der Waals surface area contributed by atoms with Gasteiger partial charge in [-0.1, -0.05) is 19.9 Å². The Balaban J connectivity index is 1.89. The van der Waals surface area contributed by atoms with Crippen molar-refractivity contribution >= 4 is 11.3 Å². The molecule has 0 aromatic carbocycles. The SMILES string of the molecule is CCNC1CCC(Cc2cccs2)C1C. The van der Waals surface area contributed by atoms with Crippen molar-refractivity contribution in [2.45, 2.75) is 39.2 Å². The fraction of sp³-hybridized carbons (Fsp3) is 0.692. The summed E-state index contributed by atoms with van der Waals surface area (Å²) >= 11 is 1.91. The molecule has 15 heavy (non-hydrogen) atoms. The van der Waals surface area contributed by atoms with Gasteiger partial charge in [0.1, 0.15) is 0 Å². The summed E-state index contributed by atoms with van der Waals surface area (Å²) in [6, 6.07) is 5.21. The number of hydrogen-bond acceptors (Lipinski definition) is 2. The van der Waals surface area contributed by atoms with Crippen LogP contribution in [0.5, 0.6) is 0 Å². The van der Waals surface area contributed by atoms with Crippen molar-refractivity contribution in [3.8, 4) is 0 Å². The molecule has 0 spiro atoms. The number of rotatable bonds is 4. The lowest BCUT2D eigenvalue weighted by Crippen LogP contribution is -2.32. The van der Waals surface area contributed by atoms with Gasteiger partial charge in [-0.3, -0.25) is 0 Å². The zero-order chi connectivity index (χ0) is 10.7. The van der Waals surface area contributed by atoms with Crippen molar-refractivity contribution in [1.29, 1.82) is 0 Å². The molecule has 1 N–H and O–H groups in total. The summed E-state index contributed by atoms with van der Waals surface area (Å²) in [6.45, 7) is 5.73. The predicted octanol–water partition coefficient (Wildman–Crippen LogP) is 3.31. The molecular formula is C13H21NS. The maximum Gasteiger partial charge on any atom is 0.00954 e. The summed E-state index contributed by atoms with van der Waals surface area (Å²) < 4.78 is 0. The lowest BCUT2D eigenvalue weighted by atomic mass is 9.92. The van der Waals surface area contributed by atoms with E-state index in [-0.39, 0.29) is 0 Å². The standard InChI is InChI=1S/C13H21NS/c1-3-14-13-7-6-11(10(13)2)9-12-5-4-8-15-12/h4-5,8,10-11,13-14H,3,6-7,9H2,1-2H3. The Morgan fingerprint density at radius 2 is 2.33 bits per heavy atom. The van der Waals surface area contributed by atoms with Crippen LogP contribution in [-0.2, 0) is 6.42 Å². The van der Waals surface area contributed by atoms with Crippen LogP contribution in [0.15, 0.2) is 17.5 Å². The van der Waals surface area contributed by atoms with Crippen LogP contribution in [0.1, 0.15) is 31.6 Å². The van der Waals surface area contributed by atoms with Crippen LogP contribution in [0, 0.1) is 11.8 Å². The average Bonchev–Trinajstić information content (AvgIpc) is 2.83. The van der Waals surface area contributed by atoms with Gasteiger partial charge >= 0.3 is 0 Å². The monoisotopic (exact) mass is 223 g/mol. The van der Waals surface area contributed by atoms with Crippen molar-refractivity contribution < 1.29 is 0 Å². The van der Waals surface area contributed by atoms with E-state index in [1.807, 2.05) is 11.3 Å². The minimum atomic E-state index is 0.764. The lowest BCUT2D eigenvalue weighted by Gasteiger charge is -2.20. The van der Waals surface area contributed by atoms with Gasteiger partial charge in [-0.15, -0.1) is 11.3 Å². The van der Waals surface area contributed by atoms with Crippen LogP contribution in [-0.4, -0.2) is 12.6 Å². The molecule has 0 bridgehead atoms. The summed E-state index contributed by atoms with van der Waals surface area (Å²) in [5.74, 6) is 1.74. The Morgan fingerprint density at radius 1 is 1.47 bits per heavy atom. The van der Waals surface area contributed by atoms with Gasteiger partial charge in [0.2, 0.25) is 0 Å². The highest BCUT2D eigenvalue weighted by molar-refractivity contribution is 7.09. The third kappa shape index (κ3) is 2.61. The van der Waals surface area contributed by atoms with E-state index in [4.69, 9.17) is 0 Å². The molecule has 1 aliphatic carbocycles. The maximum absolute atomic E-state index is 3.61. The molecule has 0 radical (unpaired) electrons. The molecule has 1 aromatic rings. The van der Waals surface area contributed by atoms with Crippen LogP contribution in [0.3, 0.4) is 0 Å². The van der Waals surface area contributed by atoms with Gasteiger partial charge in [-0.2, -0.15) is 0 Å². The highest BCUT2D eigenvalue weighted by Gasteiger charge is 2.31. The molecule has 0 saturated heterocycles. The quantitative estimate of drug-likeness (QED) is 0.825. The van der Waals surface area contributed by atoms with Crippen LogP contribution in [0.4, 0.5) is 0 Å². The van der Waals surface area contributed by atoms with Crippen molar-refractivity contribution in [3.05, 3.63) is 22.4 Å². The van der Waals surface area contributed by atoms with Crippen molar-refractivity contribution in [1.82, 2.24) is 5.32 Å². The van der Waals surface area contributed by atoms with E-state index in [1.54, 1.807) is 4.88 Å². The summed E-state index contributed by atoms with van der Waals surface area (Å²) in [7, 11) is 0. The fourth-order valence-electron chi connectivity index (χ4n) is 2.77. The first kappa shape index (κ1) is 11.2. The highest BCUT2D eigenvalue weighted by atomic mass is 32.1. The first-order valence-electron chi connectivity index (χ1n) is 6.07. The third-order valence-electron chi connectivity index (χ3n) is 3.74. The molecule has 1 fully saturated rings. The largest absolute Gasteiger partial charge is 0.314 e. The average molecular weight is 223 g/mol. The molecule has 1 heterocycles. The minimum Gasteiger partial charge on any atom is -0.314 e. The molecule has 1 aliphatic rings. The Morgan fingerprint density at radius 3 is 3.00 bits per heavy atom. The van der Waals surface area contributed by atoms with E-state index in [0.717, 1.165) is 24.4 Å². The van der Waals surface area contributed by atoms with E-state index in [1.165, 1.54) is 19.3 Å². The summed E-state index contributed by atoms with van der Waals surface area (Å²) in [5.41, 5.74) is 0. The second-order valence-electron chi connectivity index (χ2n) is 4.64. The van der Waals surface area contributed by atoms with Gasteiger partial charge in [0.25, 0.3) is 0 Å². The van der Waals surface area contributed by atoms with Gasteiger partial charge in [0, 0.05) is 10.9 Å². The number of nitrogens with one attached hydrogen (secondary N) is 1. The lowest BCUT2D eigenvalue weighted by molar-refractivity contribution is 0.356. The molecule has 1 nitrogen and oxygen atoms in total. The zero-order valence-electron chi connectivity index (χ0n) is 9.70. The van der Waals surface area contributed by atoms with Crippen molar-refractivity contribution in [2.75, 3.05) is 6.54 Å². The molecule has 2 rings (SSSR count). The Labute approximate surface area is 96.9 Å². The second-order valence-corrected chi connectivity index (χ2v) is 5.68. The maximum atomic E-state index is 3.61. The van der Waals surface area contributed by atoms with E-state index in [0.29, 0.717) is 0 Å². The van der Waals surface area contributed by atoms with Gasteiger partial charge in [-0.25, -0.2) is 0 Å².